The van der Waals surface area contributed by atoms with Crippen LogP contribution in [0.4, 0.5) is 0 Å². The van der Waals surface area contributed by atoms with Crippen molar-refractivity contribution in [1.29, 1.82) is 0 Å². The van der Waals surface area contributed by atoms with Crippen LogP contribution in [-0.2, 0) is 0 Å². The van der Waals surface area contributed by atoms with Crippen molar-refractivity contribution in [2.45, 2.75) is 19.9 Å². The van der Waals surface area contributed by atoms with Crippen molar-refractivity contribution < 1.29 is 0 Å². The van der Waals surface area contributed by atoms with Crippen LogP contribution in [-0.4, -0.2) is 12.6 Å². The monoisotopic (exact) mass is 85.1 g/mol. The first-order chi connectivity index (χ1) is 2.80. The molecule has 0 aliphatic carbocycles. The van der Waals surface area contributed by atoms with Crippen molar-refractivity contribution in [2.24, 2.45) is 5.92 Å². The summed E-state index contributed by atoms with van der Waals surface area (Å²) < 4.78 is 0. The molecule has 0 bridgehead atoms. The van der Waals surface area contributed by atoms with Gasteiger partial charge in [-0.3, -0.25) is 0 Å². The second-order valence-corrected chi connectivity index (χ2v) is 2.26. The van der Waals surface area contributed by atoms with Crippen molar-refractivity contribution >= 4 is 0 Å². The smallest absolute Gasteiger partial charge is 0.0216 e. The van der Waals surface area contributed by atoms with Gasteiger partial charge in [0.2, 0.25) is 0 Å². The Kier molecular flexibility index (Phi) is 0.845. The minimum Gasteiger partial charge on any atom is -0.311 e. The van der Waals surface area contributed by atoms with Crippen molar-refractivity contribution in [2.75, 3.05) is 6.54 Å². The fraction of sp³-hybridized carbons (Fsp3) is 1.00. The number of rotatable bonds is 1. The van der Waals surface area contributed by atoms with Crippen LogP contribution in [0.2, 0.25) is 0 Å². The van der Waals surface area contributed by atoms with Gasteiger partial charge in [0.1, 0.15) is 0 Å². The van der Waals surface area contributed by atoms with Crippen molar-refractivity contribution in [3.05, 3.63) is 0 Å². The summed E-state index contributed by atoms with van der Waals surface area (Å²) in [4.78, 5) is 0. The molecule has 1 fully saturated rings. The molecule has 0 spiro atoms. The van der Waals surface area contributed by atoms with Crippen LogP contribution in [0.3, 0.4) is 0 Å². The molecule has 36 valence electrons. The zero-order valence-corrected chi connectivity index (χ0v) is 4.36. The third-order valence-corrected chi connectivity index (χ3v) is 1.24. The molecule has 0 unspecified atom stereocenters. The molecule has 1 aliphatic heterocycles. The summed E-state index contributed by atoms with van der Waals surface area (Å²) in [5.74, 6) is 0.852. The topological polar surface area (TPSA) is 21.9 Å². The Morgan fingerprint density at radius 1 is 1.67 bits per heavy atom. The van der Waals surface area contributed by atoms with E-state index < -0.39 is 0 Å². The Morgan fingerprint density at radius 2 is 2.17 bits per heavy atom. The average Bonchev–Trinajstić information content (AvgIpc) is 2.06. The highest BCUT2D eigenvalue weighted by Gasteiger charge is 2.22. The first-order valence-corrected chi connectivity index (χ1v) is 2.54. The van der Waals surface area contributed by atoms with Crippen LogP contribution in [0.1, 0.15) is 13.8 Å². The van der Waals surface area contributed by atoms with Crippen LogP contribution in [0, 0.1) is 5.92 Å². The van der Waals surface area contributed by atoms with Gasteiger partial charge in [0.25, 0.3) is 0 Å². The molecule has 0 aromatic heterocycles. The van der Waals surface area contributed by atoms with Crippen molar-refractivity contribution in [3.8, 4) is 0 Å². The fourth-order valence-corrected chi connectivity index (χ4v) is 0.539. The predicted octanol–water partition coefficient (Wildman–Crippen LogP) is 0.614. The summed E-state index contributed by atoms with van der Waals surface area (Å²) in [5, 5.41) is 3.23. The highest BCUT2D eigenvalue weighted by molar-refractivity contribution is 4.85. The molecule has 1 heterocycles. The molecular weight excluding hydrogens is 74.1 g/mol. The van der Waals surface area contributed by atoms with Gasteiger partial charge in [0.15, 0.2) is 0 Å². The molecule has 0 aromatic carbocycles. The first-order valence-electron chi connectivity index (χ1n) is 2.54. The van der Waals surface area contributed by atoms with Gasteiger partial charge in [-0.15, -0.1) is 0 Å². The molecule has 0 radical (unpaired) electrons. The number of nitrogens with one attached hydrogen (secondary N) is 1. The molecule has 1 atom stereocenters. The second-order valence-electron chi connectivity index (χ2n) is 2.26. The zero-order valence-electron chi connectivity index (χ0n) is 4.36. The Bertz CT molecular complexity index is 45.9. The average molecular weight is 85.2 g/mol. The zero-order chi connectivity index (χ0) is 4.57. The maximum Gasteiger partial charge on any atom is 0.0216 e. The molecule has 1 N–H and O–H groups in total. The molecular formula is C5H11N. The van der Waals surface area contributed by atoms with Gasteiger partial charge in [-0.05, 0) is 5.92 Å². The first kappa shape index (κ1) is 4.13. The highest BCUT2D eigenvalue weighted by Crippen LogP contribution is 2.08. The van der Waals surface area contributed by atoms with Gasteiger partial charge in [0, 0.05) is 12.6 Å². The van der Waals surface area contributed by atoms with E-state index in [9.17, 15) is 0 Å². The van der Waals surface area contributed by atoms with Crippen molar-refractivity contribution in [3.63, 3.8) is 0 Å². The SMILES string of the molecule is CC(C)[C@@H]1CN1. The molecule has 1 heteroatoms. The summed E-state index contributed by atoms with van der Waals surface area (Å²) in [6, 6.07) is 0.852. The van der Waals surface area contributed by atoms with Crippen molar-refractivity contribution in [1.82, 2.24) is 5.32 Å². The molecule has 0 aromatic rings. The molecule has 1 aliphatic rings. The lowest BCUT2D eigenvalue weighted by Crippen LogP contribution is -1.99. The van der Waals surface area contributed by atoms with E-state index in [0.717, 1.165) is 12.0 Å². The quantitative estimate of drug-likeness (QED) is 0.463. The summed E-state index contributed by atoms with van der Waals surface area (Å²) in [5.41, 5.74) is 0. The fourth-order valence-electron chi connectivity index (χ4n) is 0.539. The van der Waals surface area contributed by atoms with Gasteiger partial charge in [0.05, 0.1) is 0 Å². The largest absolute Gasteiger partial charge is 0.311 e. The summed E-state index contributed by atoms with van der Waals surface area (Å²) in [6.07, 6.45) is 0. The maximum atomic E-state index is 3.23. The lowest BCUT2D eigenvalue weighted by Gasteiger charge is -1.92. The normalized spacial score (nSPS) is 31.5. The summed E-state index contributed by atoms with van der Waals surface area (Å²) in [7, 11) is 0. The predicted molar refractivity (Wildman–Crippen MR) is 26.6 cm³/mol. The van der Waals surface area contributed by atoms with E-state index in [-0.39, 0.29) is 0 Å². The van der Waals surface area contributed by atoms with Gasteiger partial charge < -0.3 is 5.32 Å². The van der Waals surface area contributed by atoms with Gasteiger partial charge in [-0.2, -0.15) is 0 Å². The van der Waals surface area contributed by atoms with E-state index >= 15 is 0 Å². The standard InChI is InChI=1S/C5H11N/c1-4(2)5-3-6-5/h4-6H,3H2,1-2H3/t5-/m0/s1. The minimum atomic E-state index is 0.852. The molecule has 1 nitrogen and oxygen atoms in total. The number of hydrogen-bond donors (Lipinski definition) is 1. The Morgan fingerprint density at radius 3 is 2.17 bits per heavy atom. The van der Waals surface area contributed by atoms with E-state index in [1.807, 2.05) is 0 Å². The van der Waals surface area contributed by atoms with E-state index in [1.165, 1.54) is 6.54 Å². The third kappa shape index (κ3) is 0.716. The minimum absolute atomic E-state index is 0.852. The van der Waals surface area contributed by atoms with E-state index in [0.29, 0.717) is 0 Å². The van der Waals surface area contributed by atoms with E-state index in [1.54, 1.807) is 0 Å². The Balaban J connectivity index is 2.13. The van der Waals surface area contributed by atoms with Gasteiger partial charge >= 0.3 is 0 Å². The molecule has 1 saturated heterocycles. The lowest BCUT2D eigenvalue weighted by atomic mass is 10.1. The van der Waals surface area contributed by atoms with Gasteiger partial charge in [-0.25, -0.2) is 0 Å². The second kappa shape index (κ2) is 1.23. The maximum absolute atomic E-state index is 3.23. The van der Waals surface area contributed by atoms with Crippen LogP contribution in [0.25, 0.3) is 0 Å². The van der Waals surface area contributed by atoms with Crippen LogP contribution < -0.4 is 5.32 Å². The van der Waals surface area contributed by atoms with Crippen LogP contribution in [0.5, 0.6) is 0 Å². The van der Waals surface area contributed by atoms with Crippen LogP contribution >= 0.6 is 0 Å². The molecule has 1 rings (SSSR count). The molecule has 0 saturated carbocycles. The molecule has 6 heavy (non-hydrogen) atoms. The Labute approximate surface area is 38.7 Å². The number of hydrogen-bond acceptors (Lipinski definition) is 1. The third-order valence-electron chi connectivity index (χ3n) is 1.24. The highest BCUT2D eigenvalue weighted by atomic mass is 15.1. The van der Waals surface area contributed by atoms with Gasteiger partial charge in [-0.1, -0.05) is 13.8 Å². The van der Waals surface area contributed by atoms with E-state index in [4.69, 9.17) is 0 Å². The lowest BCUT2D eigenvalue weighted by molar-refractivity contribution is 0.633. The van der Waals surface area contributed by atoms with E-state index in [2.05, 4.69) is 19.2 Å². The molecule has 0 amide bonds. The Hall–Kier alpha value is -0.0400. The van der Waals surface area contributed by atoms with Crippen LogP contribution in [0.15, 0.2) is 0 Å². The summed E-state index contributed by atoms with van der Waals surface area (Å²) >= 11 is 0. The summed E-state index contributed by atoms with van der Waals surface area (Å²) in [6.45, 7) is 5.73.